The lowest BCUT2D eigenvalue weighted by Crippen LogP contribution is -2.14. The van der Waals surface area contributed by atoms with E-state index in [4.69, 9.17) is 4.98 Å². The number of H-pyrrole nitrogens is 1. The number of nitrogens with zero attached hydrogens (tertiary/aromatic N) is 2. The normalized spacial score (nSPS) is 13.2. The zero-order chi connectivity index (χ0) is 21.9. The van der Waals surface area contributed by atoms with Crippen LogP contribution in [0.2, 0.25) is 0 Å². The van der Waals surface area contributed by atoms with Crippen molar-refractivity contribution >= 4 is 23.5 Å². The molecule has 1 saturated carbocycles. The number of carbonyl (C=O) groups is 1. The van der Waals surface area contributed by atoms with Crippen molar-refractivity contribution in [1.82, 2.24) is 15.0 Å². The molecule has 0 bridgehead atoms. The second kappa shape index (κ2) is 8.96. The number of aromatic amines is 1. The topological polar surface area (TPSA) is 70.7 Å². The molecule has 0 atom stereocenters. The van der Waals surface area contributed by atoms with Crippen molar-refractivity contribution in [3.8, 4) is 22.5 Å². The molecule has 1 aliphatic rings. The van der Waals surface area contributed by atoms with Crippen molar-refractivity contribution in [3.05, 3.63) is 84.3 Å². The maximum atomic E-state index is 13.5. The van der Waals surface area contributed by atoms with Gasteiger partial charge in [-0.3, -0.25) is 4.79 Å². The lowest BCUT2D eigenvalue weighted by atomic mass is 10.1. The van der Waals surface area contributed by atoms with E-state index in [9.17, 15) is 9.18 Å². The summed E-state index contributed by atoms with van der Waals surface area (Å²) in [5.41, 5.74) is 4.39. The molecule has 0 spiro atoms. The second-order valence-corrected chi connectivity index (χ2v) is 8.70. The fourth-order valence-corrected chi connectivity index (χ4v) is 4.23. The van der Waals surface area contributed by atoms with Crippen molar-refractivity contribution in [2.24, 2.45) is 5.92 Å². The first kappa shape index (κ1) is 20.5. The smallest absolute Gasteiger partial charge is 0.228 e. The van der Waals surface area contributed by atoms with Gasteiger partial charge >= 0.3 is 0 Å². The molecule has 5 rings (SSSR count). The zero-order valence-corrected chi connectivity index (χ0v) is 18.0. The van der Waals surface area contributed by atoms with Crippen LogP contribution in [-0.2, 0) is 10.5 Å². The van der Waals surface area contributed by atoms with E-state index in [1.54, 1.807) is 30.1 Å². The molecule has 0 aliphatic heterocycles. The first-order chi connectivity index (χ1) is 15.7. The number of nitrogens with one attached hydrogen (secondary N) is 2. The largest absolute Gasteiger partial charge is 0.332 e. The number of hydrogen-bond donors (Lipinski definition) is 2. The molecular formula is C25H21FN4OS. The zero-order valence-electron chi connectivity index (χ0n) is 17.2. The van der Waals surface area contributed by atoms with Crippen molar-refractivity contribution in [2.75, 3.05) is 5.32 Å². The third-order valence-electron chi connectivity index (χ3n) is 5.27. The first-order valence-corrected chi connectivity index (χ1v) is 11.4. The van der Waals surface area contributed by atoms with E-state index in [1.807, 2.05) is 30.3 Å². The average molecular weight is 445 g/mol. The average Bonchev–Trinajstić information content (AvgIpc) is 3.59. The number of aromatic nitrogens is 3. The molecule has 4 aromatic rings. The van der Waals surface area contributed by atoms with Gasteiger partial charge in [0.05, 0.1) is 11.4 Å². The van der Waals surface area contributed by atoms with Crippen LogP contribution in [0.4, 0.5) is 10.2 Å². The molecule has 2 aromatic carbocycles. The molecule has 7 heteroatoms. The maximum absolute atomic E-state index is 13.5. The third kappa shape index (κ3) is 4.73. The van der Waals surface area contributed by atoms with Crippen molar-refractivity contribution in [2.45, 2.75) is 23.8 Å². The van der Waals surface area contributed by atoms with Gasteiger partial charge in [0, 0.05) is 29.0 Å². The van der Waals surface area contributed by atoms with E-state index < -0.39 is 0 Å². The Kier molecular flexibility index (Phi) is 5.73. The molecule has 2 heterocycles. The maximum Gasteiger partial charge on any atom is 0.228 e. The molecule has 5 nitrogen and oxygen atoms in total. The highest BCUT2D eigenvalue weighted by Crippen LogP contribution is 2.35. The van der Waals surface area contributed by atoms with Crippen LogP contribution in [0, 0.1) is 11.7 Å². The van der Waals surface area contributed by atoms with E-state index in [2.05, 4.69) is 27.4 Å². The van der Waals surface area contributed by atoms with Gasteiger partial charge in [0.1, 0.15) is 11.6 Å². The summed E-state index contributed by atoms with van der Waals surface area (Å²) in [6, 6.07) is 20.2. The summed E-state index contributed by atoms with van der Waals surface area (Å²) in [6.45, 7) is 0. The highest BCUT2D eigenvalue weighted by molar-refractivity contribution is 7.98. The van der Waals surface area contributed by atoms with Crippen LogP contribution in [0.1, 0.15) is 18.4 Å². The van der Waals surface area contributed by atoms with E-state index in [0.717, 1.165) is 46.3 Å². The van der Waals surface area contributed by atoms with Crippen LogP contribution in [0.3, 0.4) is 0 Å². The summed E-state index contributed by atoms with van der Waals surface area (Å²) in [6.07, 6.45) is 3.53. The standard InChI is InChI=1S/C25H21FN4OS/c26-20-10-8-17(9-11-20)22-23(30-25(29-22)32-15-16-4-2-1-3-5-16)19-12-13-27-21(14-19)28-24(31)18-6-7-18/h1-5,8-14,18H,6-7,15H2,(H,29,30)(H,27,28,31). The number of benzene rings is 2. The summed E-state index contributed by atoms with van der Waals surface area (Å²) in [7, 11) is 0. The van der Waals surface area contributed by atoms with Crippen molar-refractivity contribution in [1.29, 1.82) is 0 Å². The van der Waals surface area contributed by atoms with Crippen molar-refractivity contribution in [3.63, 3.8) is 0 Å². The van der Waals surface area contributed by atoms with Crippen LogP contribution in [0.15, 0.2) is 78.1 Å². The molecule has 0 saturated heterocycles. The van der Waals surface area contributed by atoms with Gasteiger partial charge in [-0.25, -0.2) is 14.4 Å². The minimum atomic E-state index is -0.289. The summed E-state index contributed by atoms with van der Waals surface area (Å²) < 4.78 is 13.5. The van der Waals surface area contributed by atoms with Gasteiger partial charge < -0.3 is 10.3 Å². The highest BCUT2D eigenvalue weighted by atomic mass is 32.2. The predicted octanol–water partition coefficient (Wildman–Crippen LogP) is 5.92. The third-order valence-corrected chi connectivity index (χ3v) is 6.21. The minimum absolute atomic E-state index is 0.00883. The summed E-state index contributed by atoms with van der Waals surface area (Å²) in [5, 5.41) is 3.66. The fraction of sp³-hybridized carbons (Fsp3) is 0.160. The van der Waals surface area contributed by atoms with Gasteiger partial charge in [0.15, 0.2) is 5.16 Å². The fourth-order valence-electron chi connectivity index (χ4n) is 3.40. The quantitative estimate of drug-likeness (QED) is 0.347. The molecule has 32 heavy (non-hydrogen) atoms. The Labute approximate surface area is 189 Å². The molecule has 1 fully saturated rings. The number of anilines is 1. The van der Waals surface area contributed by atoms with Gasteiger partial charge in [0.2, 0.25) is 5.91 Å². The van der Waals surface area contributed by atoms with Gasteiger partial charge in [-0.15, -0.1) is 0 Å². The Bertz CT molecular complexity index is 1240. The Balaban J connectivity index is 1.47. The summed E-state index contributed by atoms with van der Waals surface area (Å²) in [5.74, 6) is 1.10. The molecule has 1 amide bonds. The highest BCUT2D eigenvalue weighted by Gasteiger charge is 2.29. The molecular weight excluding hydrogens is 423 g/mol. The monoisotopic (exact) mass is 444 g/mol. The lowest BCUT2D eigenvalue weighted by molar-refractivity contribution is -0.117. The lowest BCUT2D eigenvalue weighted by Gasteiger charge is -2.07. The number of hydrogen-bond acceptors (Lipinski definition) is 4. The van der Waals surface area contributed by atoms with Crippen LogP contribution in [0.25, 0.3) is 22.5 Å². The molecule has 1 aliphatic carbocycles. The van der Waals surface area contributed by atoms with Crippen LogP contribution < -0.4 is 5.32 Å². The minimum Gasteiger partial charge on any atom is -0.332 e. The number of amides is 1. The number of thioether (sulfide) groups is 1. The number of rotatable bonds is 7. The molecule has 0 unspecified atom stereocenters. The molecule has 160 valence electrons. The van der Waals surface area contributed by atoms with Crippen LogP contribution >= 0.6 is 11.8 Å². The van der Waals surface area contributed by atoms with Gasteiger partial charge in [-0.2, -0.15) is 0 Å². The molecule has 0 radical (unpaired) electrons. The summed E-state index contributed by atoms with van der Waals surface area (Å²) >= 11 is 1.60. The van der Waals surface area contributed by atoms with Crippen LogP contribution in [0.5, 0.6) is 0 Å². The SMILES string of the molecule is O=C(Nc1cc(-c2nc(SCc3ccccc3)[nH]c2-c2ccc(F)cc2)ccn1)C1CC1. The number of pyridine rings is 1. The van der Waals surface area contributed by atoms with Gasteiger partial charge in [0.25, 0.3) is 0 Å². The van der Waals surface area contributed by atoms with E-state index in [1.165, 1.54) is 17.7 Å². The summed E-state index contributed by atoms with van der Waals surface area (Å²) in [4.78, 5) is 24.7. The Morgan fingerprint density at radius 1 is 1.06 bits per heavy atom. The van der Waals surface area contributed by atoms with E-state index in [-0.39, 0.29) is 17.6 Å². The van der Waals surface area contributed by atoms with Crippen molar-refractivity contribution < 1.29 is 9.18 Å². The van der Waals surface area contributed by atoms with E-state index in [0.29, 0.717) is 5.82 Å². The molecule has 2 aromatic heterocycles. The number of halogens is 1. The Hall–Kier alpha value is -3.45. The predicted molar refractivity (Wildman–Crippen MR) is 125 cm³/mol. The number of carbonyl (C=O) groups excluding carboxylic acids is 1. The van der Waals surface area contributed by atoms with Crippen LogP contribution in [-0.4, -0.2) is 20.9 Å². The Morgan fingerprint density at radius 3 is 2.59 bits per heavy atom. The van der Waals surface area contributed by atoms with Gasteiger partial charge in [-0.05, 0) is 54.8 Å². The first-order valence-electron chi connectivity index (χ1n) is 10.5. The Morgan fingerprint density at radius 2 is 1.84 bits per heavy atom. The number of imidazole rings is 1. The van der Waals surface area contributed by atoms with E-state index >= 15 is 0 Å². The molecule has 2 N–H and O–H groups in total. The second-order valence-electron chi connectivity index (χ2n) is 7.74. The van der Waals surface area contributed by atoms with Gasteiger partial charge in [-0.1, -0.05) is 42.1 Å².